The van der Waals surface area contributed by atoms with Crippen LogP contribution in [0, 0.1) is 47.6 Å². The van der Waals surface area contributed by atoms with Crippen molar-refractivity contribution in [2.45, 2.75) is 133 Å². The molecule has 0 aliphatic heterocycles. The van der Waals surface area contributed by atoms with Crippen LogP contribution in [-0.2, 0) is 21.7 Å². The van der Waals surface area contributed by atoms with Crippen molar-refractivity contribution in [2.24, 2.45) is 0 Å². The van der Waals surface area contributed by atoms with E-state index in [1.54, 1.807) is 31.1 Å². The molecule has 50 heavy (non-hydrogen) atoms. The smallest absolute Gasteiger partial charge is 1.00 e. The Balaban J connectivity index is 0.00000600. The largest absolute Gasteiger partial charge is 4.00 e. The molecule has 4 rings (SSSR count). The van der Waals surface area contributed by atoms with E-state index in [2.05, 4.69) is 171 Å². The van der Waals surface area contributed by atoms with E-state index >= 15 is 0 Å². The Morgan fingerprint density at radius 1 is 0.440 bits per heavy atom. The second kappa shape index (κ2) is 16.5. The summed E-state index contributed by atoms with van der Waals surface area (Å²) in [6.45, 7) is 46.5. The molecule has 1 atom stereocenters. The van der Waals surface area contributed by atoms with Gasteiger partial charge in [0.1, 0.15) is 8.07 Å². The maximum absolute atomic E-state index is 4.25. The average Bonchev–Trinajstić information content (AvgIpc) is 3.03. The van der Waals surface area contributed by atoms with Crippen molar-refractivity contribution >= 4 is 63.4 Å². The van der Waals surface area contributed by atoms with Crippen molar-refractivity contribution in [3.05, 3.63) is 92.6 Å². The zero-order valence-electron chi connectivity index (χ0n) is 34.6. The van der Waals surface area contributed by atoms with Crippen LogP contribution in [0.3, 0.4) is 0 Å². The summed E-state index contributed by atoms with van der Waals surface area (Å²) in [5, 5.41) is 9.26. The van der Waals surface area contributed by atoms with Crippen LogP contribution in [0.25, 0.3) is 0 Å². The Labute approximate surface area is 345 Å². The third-order valence-electron chi connectivity index (χ3n) is 11.2. The van der Waals surface area contributed by atoms with Crippen molar-refractivity contribution in [2.75, 3.05) is 0 Å². The molecular weight excluding hydrogens is 771 g/mol. The minimum Gasteiger partial charge on any atom is -1.00 e. The van der Waals surface area contributed by atoms with Crippen LogP contribution in [0.1, 0.15) is 61.1 Å². The molecule has 3 aromatic carbocycles. The molecule has 1 unspecified atom stereocenters. The summed E-state index contributed by atoms with van der Waals surface area (Å²) < 4.78 is 0. The topological polar surface area (TPSA) is 0 Å². The van der Waals surface area contributed by atoms with Crippen molar-refractivity contribution in [1.82, 2.24) is 0 Å². The predicted molar refractivity (Wildman–Crippen MR) is 221 cm³/mol. The molecule has 0 heterocycles. The average molecular weight is 835 g/mol. The van der Waals surface area contributed by atoms with Gasteiger partial charge in [0.25, 0.3) is 0 Å². The van der Waals surface area contributed by atoms with Gasteiger partial charge in [-0.15, -0.1) is 6.92 Å². The van der Waals surface area contributed by atoms with Gasteiger partial charge >= 0.3 is 21.7 Å². The summed E-state index contributed by atoms with van der Waals surface area (Å²) in [6.07, 6.45) is 4.25. The molecule has 0 bridgehead atoms. The fourth-order valence-electron chi connectivity index (χ4n) is 10.0. The first-order chi connectivity index (χ1) is 20.8. The zero-order chi connectivity index (χ0) is 35.1. The Bertz CT molecular complexity index is 1570. The minimum atomic E-state index is -2.84. The van der Waals surface area contributed by atoms with Gasteiger partial charge in [-0.2, -0.15) is 11.1 Å². The van der Waals surface area contributed by atoms with E-state index in [1.165, 1.54) is 50.1 Å². The molecule has 0 N–H and O–H groups in total. The van der Waals surface area contributed by atoms with Gasteiger partial charge in [0.15, 0.2) is 0 Å². The number of hydrogen-bond donors (Lipinski definition) is 0. The van der Waals surface area contributed by atoms with Gasteiger partial charge in [-0.3, -0.25) is 6.08 Å². The summed E-state index contributed by atoms with van der Waals surface area (Å²) in [5.74, 6) is 0. The monoisotopic (exact) mass is 832 g/mol. The van der Waals surface area contributed by atoms with Gasteiger partial charge in [0.05, 0.1) is 24.2 Å². The van der Waals surface area contributed by atoms with E-state index in [0.29, 0.717) is 0 Å². The third-order valence-corrected chi connectivity index (χ3v) is 23.5. The third kappa shape index (κ3) is 8.30. The Kier molecular flexibility index (Phi) is 16.4. The van der Waals surface area contributed by atoms with E-state index in [0.717, 1.165) is 0 Å². The maximum Gasteiger partial charge on any atom is 4.00 e. The molecule has 0 spiro atoms. The van der Waals surface area contributed by atoms with Crippen molar-refractivity contribution in [3.8, 4) is 0 Å². The number of hydrogen-bond acceptors (Lipinski definition) is 0. The van der Waals surface area contributed by atoms with Gasteiger partial charge in [-0.1, -0.05) is 170 Å². The Morgan fingerprint density at radius 3 is 0.820 bits per heavy atom. The van der Waals surface area contributed by atoms with Crippen LogP contribution >= 0.6 is 0 Å². The minimum absolute atomic E-state index is 0. The van der Waals surface area contributed by atoms with Crippen LogP contribution in [-0.4, -0.2) is 32.3 Å². The van der Waals surface area contributed by atoms with Crippen LogP contribution < -0.4 is 68.3 Å². The number of allylic oxidation sites excluding steroid dienone is 4. The molecule has 0 saturated heterocycles. The van der Waals surface area contributed by atoms with E-state index in [4.69, 9.17) is 0 Å². The summed E-state index contributed by atoms with van der Waals surface area (Å²) in [4.78, 5) is 0. The van der Waals surface area contributed by atoms with E-state index in [-0.39, 0.29) is 64.0 Å². The van der Waals surface area contributed by atoms with E-state index in [1.807, 2.05) is 0 Å². The number of aryl methyl sites for hydroxylation is 6. The molecule has 0 radical (unpaired) electrons. The molecule has 8 heteroatoms. The van der Waals surface area contributed by atoms with Gasteiger partial charge in [0.2, 0.25) is 0 Å². The van der Waals surface area contributed by atoms with Gasteiger partial charge in [-0.25, -0.2) is 5.57 Å². The molecular formula is C42H63Cl3Si4Ti. The Morgan fingerprint density at radius 2 is 0.660 bits per heavy atom. The van der Waals surface area contributed by atoms with E-state index < -0.39 is 32.3 Å². The first-order valence-corrected chi connectivity index (χ1v) is 30.0. The van der Waals surface area contributed by atoms with Crippen molar-refractivity contribution < 1.29 is 58.9 Å². The van der Waals surface area contributed by atoms with Gasteiger partial charge in [-0.05, 0) is 57.1 Å². The summed E-state index contributed by atoms with van der Waals surface area (Å²) in [5.41, 5.74) is 13.1. The zero-order valence-corrected chi connectivity index (χ0v) is 42.4. The second-order valence-corrected chi connectivity index (χ2v) is 37.3. The number of halogens is 3. The standard InChI is InChI=1S/C42H63Si4.3ClH.Ti/c1-27-20-36(21-28(2)39(27)43(11,12)13)46(42(10)26-33(7)34(8)35(42)9,37-22-29(3)40(30(4)23-37)44(14,15)16)38-24-31(5)41(32(6)25-38)45(17,18)19;;;;/h20-25H,1-19H3;3*1H;/q-1;;;;+4/p-3. The fourth-order valence-corrected chi connectivity index (χ4v) is 24.0. The molecule has 272 valence electrons. The summed E-state index contributed by atoms with van der Waals surface area (Å²) in [7, 11) is -7.48. The molecule has 0 amide bonds. The van der Waals surface area contributed by atoms with Crippen LogP contribution in [0.15, 0.2) is 53.1 Å². The molecule has 0 saturated carbocycles. The van der Waals surface area contributed by atoms with Crippen LogP contribution in [0.2, 0.25) is 64.0 Å². The SMILES string of the molecule is CC1=[C-]C(C)([Si](c2cc(C)c([Si](C)(C)C)c(C)c2)(c2cc(C)c([Si](C)(C)C)c(C)c2)c2cc(C)c([Si](C)(C)C)c(C)c2)C(C)=C1C.[Cl-].[Cl-].[Cl-].[Ti+4]. The van der Waals surface area contributed by atoms with Gasteiger partial charge < -0.3 is 37.2 Å². The quantitative estimate of drug-likeness (QED) is 0.172. The maximum atomic E-state index is 4.25. The molecule has 3 aromatic rings. The van der Waals surface area contributed by atoms with Crippen molar-refractivity contribution in [3.63, 3.8) is 0 Å². The number of benzene rings is 3. The normalized spacial score (nSPS) is 16.6. The molecule has 1 aliphatic carbocycles. The molecule has 1 aliphatic rings. The van der Waals surface area contributed by atoms with Crippen molar-refractivity contribution in [1.29, 1.82) is 0 Å². The second-order valence-electron chi connectivity index (χ2n) is 18.1. The van der Waals surface area contributed by atoms with Crippen LogP contribution in [0.4, 0.5) is 0 Å². The summed E-state index contributed by atoms with van der Waals surface area (Å²) in [6, 6.07) is 15.9. The fraction of sp³-hybridized carbons (Fsp3) is 0.476. The molecule has 0 nitrogen and oxygen atoms in total. The first-order valence-electron chi connectivity index (χ1n) is 17.5. The summed E-state index contributed by atoms with van der Waals surface area (Å²) >= 11 is 0. The first kappa shape index (κ1) is 49.6. The Hall–Kier alpha value is -0.408. The van der Waals surface area contributed by atoms with Gasteiger partial charge in [0, 0.05) is 0 Å². The van der Waals surface area contributed by atoms with E-state index in [9.17, 15) is 0 Å². The molecule has 0 fully saturated rings. The number of rotatable bonds is 7. The predicted octanol–water partition coefficient (Wildman–Crippen LogP) is -0.488. The molecule has 0 aromatic heterocycles. The van der Waals surface area contributed by atoms with Crippen LogP contribution in [0.5, 0.6) is 0 Å².